The summed E-state index contributed by atoms with van der Waals surface area (Å²) >= 11 is 0. The van der Waals surface area contributed by atoms with Gasteiger partial charge in [-0.05, 0) is 44.9 Å². The van der Waals surface area contributed by atoms with Crippen LogP contribution in [-0.4, -0.2) is 4.98 Å². The molecule has 0 aliphatic heterocycles. The molecule has 0 saturated heterocycles. The Hall–Kier alpha value is -1.11. The highest BCUT2D eigenvalue weighted by atomic mass is 14.7. The molecule has 0 bridgehead atoms. The molecule has 0 fully saturated rings. The standard InChI is InChI=1S/C11H15N.2C2H6/c1-5-8(2)11-7-6-9(3)12-10(11)4;2*1-2/h5-7H,1-4H3;2*1-2H3/b8-5-;;. The maximum Gasteiger partial charge on any atom is 0.0450 e. The Labute approximate surface area is 102 Å². The van der Waals surface area contributed by atoms with Crippen molar-refractivity contribution in [1.29, 1.82) is 0 Å². The summed E-state index contributed by atoms with van der Waals surface area (Å²) in [6, 6.07) is 4.18. The van der Waals surface area contributed by atoms with Crippen LogP contribution in [0.25, 0.3) is 5.57 Å². The summed E-state index contributed by atoms with van der Waals surface area (Å²) in [5.74, 6) is 0. The van der Waals surface area contributed by atoms with Crippen molar-refractivity contribution in [1.82, 2.24) is 4.98 Å². The molecular formula is C15H27N. The smallest absolute Gasteiger partial charge is 0.0450 e. The molecule has 0 saturated carbocycles. The summed E-state index contributed by atoms with van der Waals surface area (Å²) < 4.78 is 0. The van der Waals surface area contributed by atoms with E-state index in [1.807, 2.05) is 34.6 Å². The van der Waals surface area contributed by atoms with Gasteiger partial charge in [0, 0.05) is 11.4 Å². The van der Waals surface area contributed by atoms with Crippen LogP contribution in [0.5, 0.6) is 0 Å². The highest BCUT2D eigenvalue weighted by Crippen LogP contribution is 2.16. The van der Waals surface area contributed by atoms with Crippen molar-refractivity contribution in [3.8, 4) is 0 Å². The summed E-state index contributed by atoms with van der Waals surface area (Å²) in [4.78, 5) is 4.40. The van der Waals surface area contributed by atoms with Crippen molar-refractivity contribution >= 4 is 5.57 Å². The van der Waals surface area contributed by atoms with Gasteiger partial charge < -0.3 is 0 Å². The van der Waals surface area contributed by atoms with E-state index in [2.05, 4.69) is 44.0 Å². The van der Waals surface area contributed by atoms with E-state index in [-0.39, 0.29) is 0 Å². The molecule has 1 aromatic rings. The van der Waals surface area contributed by atoms with Gasteiger partial charge in [0.05, 0.1) is 0 Å². The Kier molecular flexibility index (Phi) is 11.2. The lowest BCUT2D eigenvalue weighted by Gasteiger charge is -2.05. The molecule has 16 heavy (non-hydrogen) atoms. The van der Waals surface area contributed by atoms with Crippen molar-refractivity contribution < 1.29 is 0 Å². The molecule has 92 valence electrons. The van der Waals surface area contributed by atoms with Crippen molar-refractivity contribution in [3.63, 3.8) is 0 Å². The second-order valence-electron chi connectivity index (χ2n) is 3.06. The van der Waals surface area contributed by atoms with E-state index in [4.69, 9.17) is 0 Å². The molecule has 1 aromatic heterocycles. The largest absolute Gasteiger partial charge is 0.258 e. The van der Waals surface area contributed by atoms with Crippen molar-refractivity contribution in [2.75, 3.05) is 0 Å². The molecule has 0 aliphatic rings. The van der Waals surface area contributed by atoms with E-state index in [0.717, 1.165) is 11.4 Å². The van der Waals surface area contributed by atoms with Gasteiger partial charge in [-0.3, -0.25) is 4.98 Å². The van der Waals surface area contributed by atoms with Gasteiger partial charge in [-0.15, -0.1) is 0 Å². The van der Waals surface area contributed by atoms with Crippen LogP contribution in [0, 0.1) is 13.8 Å². The van der Waals surface area contributed by atoms with Gasteiger partial charge in [-0.25, -0.2) is 0 Å². The van der Waals surface area contributed by atoms with Gasteiger partial charge in [-0.2, -0.15) is 0 Å². The second kappa shape index (κ2) is 10.4. The van der Waals surface area contributed by atoms with Gasteiger partial charge in [-0.1, -0.05) is 39.8 Å². The summed E-state index contributed by atoms with van der Waals surface area (Å²) in [5, 5.41) is 0. The average Bonchev–Trinajstić information content (AvgIpc) is 2.33. The molecule has 0 radical (unpaired) electrons. The number of pyridine rings is 1. The third-order valence-corrected chi connectivity index (χ3v) is 2.08. The van der Waals surface area contributed by atoms with Gasteiger partial charge in [0.25, 0.3) is 0 Å². The quantitative estimate of drug-likeness (QED) is 0.637. The summed E-state index contributed by atoms with van der Waals surface area (Å²) in [5.41, 5.74) is 4.74. The van der Waals surface area contributed by atoms with Crippen LogP contribution in [0.15, 0.2) is 18.2 Å². The second-order valence-corrected chi connectivity index (χ2v) is 3.06. The molecule has 1 heterocycles. The normalized spacial score (nSPS) is 9.62. The van der Waals surface area contributed by atoms with E-state index in [9.17, 15) is 0 Å². The SMILES string of the molecule is C/C=C(/C)c1ccc(C)nc1C.CC.CC. The number of nitrogens with zero attached hydrogens (tertiary/aromatic N) is 1. The molecule has 0 aromatic carbocycles. The van der Waals surface area contributed by atoms with E-state index in [0.29, 0.717) is 0 Å². The van der Waals surface area contributed by atoms with Crippen LogP contribution in [0.3, 0.4) is 0 Å². The maximum atomic E-state index is 4.40. The molecule has 0 N–H and O–H groups in total. The topological polar surface area (TPSA) is 12.9 Å². The minimum absolute atomic E-state index is 1.08. The van der Waals surface area contributed by atoms with E-state index < -0.39 is 0 Å². The molecule has 1 nitrogen and oxygen atoms in total. The third-order valence-electron chi connectivity index (χ3n) is 2.08. The van der Waals surface area contributed by atoms with Crippen LogP contribution in [0.2, 0.25) is 0 Å². The minimum Gasteiger partial charge on any atom is -0.258 e. The molecule has 0 unspecified atom stereocenters. The zero-order valence-corrected chi connectivity index (χ0v) is 12.2. The van der Waals surface area contributed by atoms with Crippen LogP contribution in [0.4, 0.5) is 0 Å². The first kappa shape index (κ1) is 17.3. The number of aromatic nitrogens is 1. The number of allylic oxidation sites excluding steroid dienone is 2. The predicted octanol–water partition coefficient (Wildman–Crippen LogP) is 5.17. The number of rotatable bonds is 1. The van der Waals surface area contributed by atoms with E-state index in [1.165, 1.54) is 11.1 Å². The van der Waals surface area contributed by atoms with Crippen LogP contribution >= 0.6 is 0 Å². The van der Waals surface area contributed by atoms with Crippen LogP contribution in [0.1, 0.15) is 58.5 Å². The van der Waals surface area contributed by atoms with Gasteiger partial charge in [0.1, 0.15) is 0 Å². The fraction of sp³-hybridized carbons (Fsp3) is 0.533. The van der Waals surface area contributed by atoms with Gasteiger partial charge in [0.2, 0.25) is 0 Å². The first-order valence-electron chi connectivity index (χ1n) is 6.22. The molecular weight excluding hydrogens is 194 g/mol. The lowest BCUT2D eigenvalue weighted by molar-refractivity contribution is 1.11. The molecule has 0 aliphatic carbocycles. The Bertz CT molecular complexity index is 311. The lowest BCUT2D eigenvalue weighted by Crippen LogP contribution is -1.91. The van der Waals surface area contributed by atoms with Crippen molar-refractivity contribution in [2.24, 2.45) is 0 Å². The zero-order valence-electron chi connectivity index (χ0n) is 12.2. The lowest BCUT2D eigenvalue weighted by atomic mass is 10.1. The summed E-state index contributed by atoms with van der Waals surface area (Å²) in [6.45, 7) is 16.2. The van der Waals surface area contributed by atoms with Crippen LogP contribution in [-0.2, 0) is 0 Å². The van der Waals surface area contributed by atoms with E-state index in [1.54, 1.807) is 0 Å². The monoisotopic (exact) mass is 221 g/mol. The fourth-order valence-corrected chi connectivity index (χ4v) is 1.26. The zero-order chi connectivity index (χ0) is 13.1. The molecule has 1 heteroatoms. The Balaban J connectivity index is 0. The predicted molar refractivity (Wildman–Crippen MR) is 75.7 cm³/mol. The van der Waals surface area contributed by atoms with Crippen LogP contribution < -0.4 is 0 Å². The van der Waals surface area contributed by atoms with Gasteiger partial charge >= 0.3 is 0 Å². The molecule has 1 rings (SSSR count). The first-order chi connectivity index (χ1) is 7.65. The van der Waals surface area contributed by atoms with Crippen molar-refractivity contribution in [3.05, 3.63) is 35.2 Å². The average molecular weight is 221 g/mol. The van der Waals surface area contributed by atoms with Crippen molar-refractivity contribution in [2.45, 2.75) is 55.4 Å². The highest BCUT2D eigenvalue weighted by molar-refractivity contribution is 5.64. The first-order valence-corrected chi connectivity index (χ1v) is 6.22. The van der Waals surface area contributed by atoms with Gasteiger partial charge in [0.15, 0.2) is 0 Å². The molecule has 0 amide bonds. The highest BCUT2D eigenvalue weighted by Gasteiger charge is 1.99. The minimum atomic E-state index is 1.08. The Morgan fingerprint density at radius 1 is 1.06 bits per heavy atom. The summed E-state index contributed by atoms with van der Waals surface area (Å²) in [6.07, 6.45) is 2.11. The molecule has 0 atom stereocenters. The maximum absolute atomic E-state index is 4.40. The molecule has 0 spiro atoms. The Morgan fingerprint density at radius 2 is 1.56 bits per heavy atom. The third kappa shape index (κ3) is 5.69. The number of hydrogen-bond acceptors (Lipinski definition) is 1. The summed E-state index contributed by atoms with van der Waals surface area (Å²) in [7, 11) is 0. The number of aryl methyl sites for hydroxylation is 2. The number of hydrogen-bond donors (Lipinski definition) is 0. The Morgan fingerprint density at radius 3 is 1.94 bits per heavy atom. The fourth-order valence-electron chi connectivity index (χ4n) is 1.26. The van der Waals surface area contributed by atoms with E-state index >= 15 is 0 Å².